The van der Waals surface area contributed by atoms with Gasteiger partial charge in [0.2, 0.25) is 0 Å². The molecule has 0 aliphatic carbocycles. The van der Waals surface area contributed by atoms with E-state index in [9.17, 15) is 13.2 Å². The summed E-state index contributed by atoms with van der Waals surface area (Å²) in [5, 5.41) is 8.46. The molecule has 0 saturated carbocycles. The van der Waals surface area contributed by atoms with Crippen molar-refractivity contribution in [2.24, 2.45) is 0 Å². The Hall–Kier alpha value is -2.09. The van der Waals surface area contributed by atoms with Crippen molar-refractivity contribution in [3.05, 3.63) is 41.5 Å². The molecule has 0 aliphatic rings. The van der Waals surface area contributed by atoms with Crippen molar-refractivity contribution in [1.82, 2.24) is 4.98 Å². The molecule has 0 radical (unpaired) electrons. The van der Waals surface area contributed by atoms with Crippen molar-refractivity contribution in [2.75, 3.05) is 0 Å². The average Bonchev–Trinajstić information content (AvgIpc) is 2.25. The highest BCUT2D eigenvalue weighted by Crippen LogP contribution is 2.24. The molecule has 1 aromatic heterocycles. The molecule has 15 heavy (non-hydrogen) atoms. The second-order valence-corrected chi connectivity index (χ2v) is 2.88. The van der Waals surface area contributed by atoms with Crippen LogP contribution >= 0.6 is 0 Å². The van der Waals surface area contributed by atoms with E-state index >= 15 is 0 Å². The number of halogens is 3. The third-order valence-corrected chi connectivity index (χ3v) is 2.00. The second-order valence-electron chi connectivity index (χ2n) is 2.88. The first-order valence-corrected chi connectivity index (χ1v) is 3.96. The number of benzene rings is 1. The summed E-state index contributed by atoms with van der Waals surface area (Å²) in [5.41, 5.74) is -0.121. The fourth-order valence-corrected chi connectivity index (χ4v) is 1.33. The lowest BCUT2D eigenvalue weighted by Crippen LogP contribution is -1.95. The van der Waals surface area contributed by atoms with E-state index in [4.69, 9.17) is 5.26 Å². The van der Waals surface area contributed by atoms with Gasteiger partial charge in [0.25, 0.3) is 0 Å². The van der Waals surface area contributed by atoms with Crippen LogP contribution in [0.1, 0.15) is 5.56 Å². The number of rotatable bonds is 0. The average molecular weight is 208 g/mol. The Kier molecular flexibility index (Phi) is 2.05. The van der Waals surface area contributed by atoms with Gasteiger partial charge < -0.3 is 0 Å². The third-order valence-electron chi connectivity index (χ3n) is 2.00. The summed E-state index contributed by atoms with van der Waals surface area (Å²) in [6.07, 6.45) is 2.27. The number of nitriles is 1. The molecule has 1 heterocycles. The second kappa shape index (κ2) is 3.24. The van der Waals surface area contributed by atoms with E-state index < -0.39 is 17.5 Å². The van der Waals surface area contributed by atoms with Gasteiger partial charge in [-0.15, -0.1) is 0 Å². The van der Waals surface area contributed by atoms with Crippen LogP contribution in [-0.2, 0) is 0 Å². The number of hydrogen-bond donors (Lipinski definition) is 0. The first-order chi connectivity index (χ1) is 7.15. The van der Waals surface area contributed by atoms with Crippen LogP contribution in [0.4, 0.5) is 13.2 Å². The zero-order valence-corrected chi connectivity index (χ0v) is 7.26. The van der Waals surface area contributed by atoms with Gasteiger partial charge in [0.05, 0.1) is 5.56 Å². The van der Waals surface area contributed by atoms with Crippen molar-refractivity contribution in [3.8, 4) is 6.07 Å². The number of nitrogens with zero attached hydrogens (tertiary/aromatic N) is 2. The van der Waals surface area contributed by atoms with Gasteiger partial charge in [-0.2, -0.15) is 5.26 Å². The maximum absolute atomic E-state index is 13.3. The normalized spacial score (nSPS) is 10.3. The quantitative estimate of drug-likeness (QED) is 0.623. The molecule has 2 rings (SSSR count). The van der Waals surface area contributed by atoms with Gasteiger partial charge in [0.1, 0.15) is 6.07 Å². The van der Waals surface area contributed by atoms with Gasteiger partial charge in [-0.25, -0.2) is 13.2 Å². The van der Waals surface area contributed by atoms with Crippen molar-refractivity contribution in [2.45, 2.75) is 0 Å². The molecule has 0 atom stereocenters. The van der Waals surface area contributed by atoms with E-state index in [1.807, 2.05) is 0 Å². The molecule has 0 fully saturated rings. The molecular formula is C10H3F3N2. The van der Waals surface area contributed by atoms with Gasteiger partial charge in [-0.05, 0) is 6.07 Å². The first kappa shape index (κ1) is 9.46. The molecule has 2 aromatic rings. The summed E-state index contributed by atoms with van der Waals surface area (Å²) < 4.78 is 39.0. The summed E-state index contributed by atoms with van der Waals surface area (Å²) in [7, 11) is 0. The first-order valence-electron chi connectivity index (χ1n) is 3.96. The summed E-state index contributed by atoms with van der Waals surface area (Å²) in [4.78, 5) is 3.62. The number of pyridine rings is 1. The monoisotopic (exact) mass is 208 g/mol. The Balaban J connectivity index is 3.01. The highest BCUT2D eigenvalue weighted by molar-refractivity contribution is 5.87. The fraction of sp³-hybridized carbons (Fsp3) is 0. The highest BCUT2D eigenvalue weighted by atomic mass is 19.2. The highest BCUT2D eigenvalue weighted by Gasteiger charge is 2.16. The molecular weight excluding hydrogens is 205 g/mol. The van der Waals surface area contributed by atoms with Crippen molar-refractivity contribution in [1.29, 1.82) is 5.26 Å². The van der Waals surface area contributed by atoms with E-state index in [0.29, 0.717) is 0 Å². The van der Waals surface area contributed by atoms with Crippen molar-refractivity contribution < 1.29 is 13.2 Å². The summed E-state index contributed by atoms with van der Waals surface area (Å²) in [5.74, 6) is -4.23. The van der Waals surface area contributed by atoms with Gasteiger partial charge in [0.15, 0.2) is 17.5 Å². The number of hydrogen-bond acceptors (Lipinski definition) is 2. The van der Waals surface area contributed by atoms with Crippen LogP contribution < -0.4 is 0 Å². The lowest BCUT2D eigenvalue weighted by Gasteiger charge is -2.02. The van der Waals surface area contributed by atoms with Crippen LogP contribution in [0, 0.1) is 28.8 Å². The SMILES string of the molecule is N#Cc1cncc2cc(F)c(F)c(F)c12. The van der Waals surface area contributed by atoms with E-state index in [2.05, 4.69) is 4.98 Å². The summed E-state index contributed by atoms with van der Waals surface area (Å²) in [6, 6.07) is 2.47. The minimum atomic E-state index is -1.58. The Bertz CT molecular complexity index is 587. The molecule has 0 amide bonds. The Labute approximate surface area is 82.6 Å². The van der Waals surface area contributed by atoms with Crippen molar-refractivity contribution in [3.63, 3.8) is 0 Å². The predicted molar refractivity (Wildman–Crippen MR) is 46.3 cm³/mol. The maximum Gasteiger partial charge on any atom is 0.195 e. The van der Waals surface area contributed by atoms with Crippen molar-refractivity contribution >= 4 is 10.8 Å². The Morgan fingerprint density at radius 2 is 1.87 bits per heavy atom. The van der Waals surface area contributed by atoms with Crippen LogP contribution in [-0.4, -0.2) is 4.98 Å². The van der Waals surface area contributed by atoms with E-state index in [-0.39, 0.29) is 16.3 Å². The third kappa shape index (κ3) is 1.31. The molecule has 0 N–H and O–H groups in total. The minimum Gasteiger partial charge on any atom is -0.263 e. The molecule has 5 heteroatoms. The predicted octanol–water partition coefficient (Wildman–Crippen LogP) is 2.52. The molecule has 0 saturated heterocycles. The number of aromatic nitrogens is 1. The molecule has 0 bridgehead atoms. The maximum atomic E-state index is 13.3. The standard InChI is InChI=1S/C10H3F3N2/c11-7-1-5-3-15-4-6(2-14)8(5)10(13)9(7)12/h1,3-4H. The number of fused-ring (bicyclic) bond motifs is 1. The minimum absolute atomic E-state index is 0.0606. The van der Waals surface area contributed by atoms with Gasteiger partial charge in [-0.1, -0.05) is 0 Å². The lowest BCUT2D eigenvalue weighted by molar-refractivity contribution is 0.453. The van der Waals surface area contributed by atoms with E-state index in [1.165, 1.54) is 6.20 Å². The molecule has 74 valence electrons. The van der Waals surface area contributed by atoms with Crippen LogP contribution in [0.15, 0.2) is 18.5 Å². The van der Waals surface area contributed by atoms with Gasteiger partial charge in [-0.3, -0.25) is 4.98 Å². The van der Waals surface area contributed by atoms with Crippen LogP contribution in [0.25, 0.3) is 10.8 Å². The Morgan fingerprint density at radius 3 is 2.53 bits per heavy atom. The molecule has 0 unspecified atom stereocenters. The van der Waals surface area contributed by atoms with Crippen LogP contribution in [0.2, 0.25) is 0 Å². The van der Waals surface area contributed by atoms with Crippen LogP contribution in [0.5, 0.6) is 0 Å². The lowest BCUT2D eigenvalue weighted by atomic mass is 10.1. The molecule has 0 aliphatic heterocycles. The topological polar surface area (TPSA) is 36.7 Å². The van der Waals surface area contributed by atoms with Gasteiger partial charge >= 0.3 is 0 Å². The smallest absolute Gasteiger partial charge is 0.195 e. The molecule has 1 aromatic carbocycles. The Morgan fingerprint density at radius 1 is 1.13 bits per heavy atom. The van der Waals surface area contributed by atoms with E-state index in [0.717, 1.165) is 12.3 Å². The summed E-state index contributed by atoms with van der Waals surface area (Å²) >= 11 is 0. The van der Waals surface area contributed by atoms with E-state index in [1.54, 1.807) is 6.07 Å². The zero-order valence-electron chi connectivity index (χ0n) is 7.26. The fourth-order valence-electron chi connectivity index (χ4n) is 1.33. The van der Waals surface area contributed by atoms with Crippen LogP contribution in [0.3, 0.4) is 0 Å². The molecule has 0 spiro atoms. The summed E-state index contributed by atoms with van der Waals surface area (Å²) in [6.45, 7) is 0. The largest absolute Gasteiger partial charge is 0.263 e. The molecule has 2 nitrogen and oxygen atoms in total. The van der Waals surface area contributed by atoms with Gasteiger partial charge in [0, 0.05) is 23.2 Å². The zero-order chi connectivity index (χ0) is 11.0.